The highest BCUT2D eigenvalue weighted by atomic mass is 16.5. The van der Waals surface area contributed by atoms with Crippen molar-refractivity contribution in [3.63, 3.8) is 0 Å². The molecule has 0 saturated heterocycles. The number of aryl methyl sites for hydroxylation is 1. The van der Waals surface area contributed by atoms with E-state index in [0.29, 0.717) is 11.1 Å². The second-order valence-electron chi connectivity index (χ2n) is 7.03. The fourth-order valence-corrected chi connectivity index (χ4v) is 4.03. The minimum Gasteiger partial charge on any atom is -0.454 e. The van der Waals surface area contributed by atoms with E-state index < -0.39 is 5.97 Å². The molecule has 5 heteroatoms. The first-order valence-electron chi connectivity index (χ1n) is 9.39. The molecular formula is C23H18N2O3. The number of aromatic nitrogens is 2. The molecule has 0 amide bonds. The Morgan fingerprint density at radius 3 is 2.68 bits per heavy atom. The number of ketones is 1. The number of hydrogen-bond donors (Lipinski definition) is 1. The average Bonchev–Trinajstić information content (AvgIpc) is 3.36. The van der Waals surface area contributed by atoms with Crippen LogP contribution in [-0.4, -0.2) is 28.3 Å². The molecule has 2 heterocycles. The van der Waals surface area contributed by atoms with Crippen LogP contribution in [0.3, 0.4) is 0 Å². The molecular weight excluding hydrogens is 352 g/mol. The van der Waals surface area contributed by atoms with Gasteiger partial charge in [0, 0.05) is 33.7 Å². The maximum Gasteiger partial charge on any atom is 0.339 e. The maximum absolute atomic E-state index is 12.9. The number of benzene rings is 2. The molecule has 2 aromatic carbocycles. The molecule has 0 atom stereocenters. The Morgan fingerprint density at radius 2 is 1.79 bits per heavy atom. The molecule has 1 aliphatic rings. The number of ether oxygens (including phenoxy) is 1. The number of rotatable bonds is 4. The second-order valence-corrected chi connectivity index (χ2v) is 7.03. The van der Waals surface area contributed by atoms with Crippen molar-refractivity contribution in [3.05, 3.63) is 77.1 Å². The van der Waals surface area contributed by atoms with Crippen LogP contribution in [0.2, 0.25) is 0 Å². The zero-order valence-corrected chi connectivity index (χ0v) is 15.2. The van der Waals surface area contributed by atoms with Gasteiger partial charge in [0.05, 0.1) is 11.1 Å². The Kier molecular flexibility index (Phi) is 3.93. The Labute approximate surface area is 161 Å². The topological polar surface area (TPSA) is 72.1 Å². The zero-order chi connectivity index (χ0) is 19.1. The van der Waals surface area contributed by atoms with Crippen LogP contribution in [0.5, 0.6) is 0 Å². The molecule has 4 aromatic rings. The zero-order valence-electron chi connectivity index (χ0n) is 15.2. The standard InChI is InChI=1S/C23H18N2O3/c26-21(17-12-24-18-9-3-1-6-14(17)18)13-28-23(27)22-15-7-2-4-10-19(15)25-20-11-5-8-16(20)22/h1-4,6-7,9-10,12,24H,5,8,11,13H2. The highest BCUT2D eigenvalue weighted by molar-refractivity contribution is 6.10. The largest absolute Gasteiger partial charge is 0.454 e. The Morgan fingerprint density at radius 1 is 1.00 bits per heavy atom. The van der Waals surface area contributed by atoms with E-state index in [-0.39, 0.29) is 12.4 Å². The van der Waals surface area contributed by atoms with Crippen molar-refractivity contribution < 1.29 is 14.3 Å². The number of para-hydroxylation sites is 2. The third-order valence-electron chi connectivity index (χ3n) is 5.35. The summed E-state index contributed by atoms with van der Waals surface area (Å²) in [6.07, 6.45) is 4.33. The first kappa shape index (κ1) is 16.7. The molecule has 0 fully saturated rings. The number of aromatic amines is 1. The Bertz CT molecular complexity index is 1240. The molecule has 5 nitrogen and oxygen atoms in total. The van der Waals surface area contributed by atoms with Crippen molar-refractivity contribution in [2.75, 3.05) is 6.61 Å². The van der Waals surface area contributed by atoms with Gasteiger partial charge in [0.25, 0.3) is 0 Å². The molecule has 0 spiro atoms. The molecule has 1 aliphatic carbocycles. The van der Waals surface area contributed by atoms with Crippen molar-refractivity contribution in [3.8, 4) is 0 Å². The van der Waals surface area contributed by atoms with E-state index in [2.05, 4.69) is 9.97 Å². The number of pyridine rings is 1. The number of hydrogen-bond acceptors (Lipinski definition) is 4. The first-order chi connectivity index (χ1) is 13.7. The fraction of sp³-hybridized carbons (Fsp3) is 0.174. The van der Waals surface area contributed by atoms with E-state index >= 15 is 0 Å². The minimum atomic E-state index is -0.454. The first-order valence-corrected chi connectivity index (χ1v) is 9.39. The highest BCUT2D eigenvalue weighted by Gasteiger charge is 2.25. The molecule has 5 rings (SSSR count). The van der Waals surface area contributed by atoms with E-state index in [0.717, 1.165) is 52.3 Å². The second kappa shape index (κ2) is 6.60. The van der Waals surface area contributed by atoms with Crippen LogP contribution in [0, 0.1) is 0 Å². The minimum absolute atomic E-state index is 0.221. The van der Waals surface area contributed by atoms with Crippen LogP contribution in [0.1, 0.15) is 38.4 Å². The van der Waals surface area contributed by atoms with Crippen LogP contribution < -0.4 is 0 Å². The molecule has 1 N–H and O–H groups in total. The molecule has 0 aliphatic heterocycles. The summed E-state index contributed by atoms with van der Waals surface area (Å²) in [6.45, 7) is -0.286. The van der Waals surface area contributed by atoms with Crippen molar-refractivity contribution in [1.29, 1.82) is 0 Å². The van der Waals surface area contributed by atoms with Gasteiger partial charge in [0.2, 0.25) is 5.78 Å². The Hall–Kier alpha value is -3.47. The molecule has 2 aromatic heterocycles. The summed E-state index contributed by atoms with van der Waals surface area (Å²) in [7, 11) is 0. The summed E-state index contributed by atoms with van der Waals surface area (Å²) >= 11 is 0. The molecule has 0 bridgehead atoms. The van der Waals surface area contributed by atoms with Crippen LogP contribution in [0.15, 0.2) is 54.7 Å². The van der Waals surface area contributed by atoms with Crippen molar-refractivity contribution >= 4 is 33.6 Å². The summed E-state index contributed by atoms with van der Waals surface area (Å²) in [5, 5.41) is 1.62. The number of carbonyl (C=O) groups is 2. The van der Waals surface area contributed by atoms with E-state index in [9.17, 15) is 9.59 Å². The van der Waals surface area contributed by atoms with E-state index in [4.69, 9.17) is 4.74 Å². The van der Waals surface area contributed by atoms with Crippen LogP contribution in [-0.2, 0) is 17.6 Å². The summed E-state index contributed by atoms with van der Waals surface area (Å²) in [5.74, 6) is -0.675. The van der Waals surface area contributed by atoms with Crippen molar-refractivity contribution in [2.24, 2.45) is 0 Å². The van der Waals surface area contributed by atoms with Gasteiger partial charge in [0.1, 0.15) is 0 Å². The smallest absolute Gasteiger partial charge is 0.339 e. The lowest BCUT2D eigenvalue weighted by atomic mass is 10.0. The third-order valence-corrected chi connectivity index (χ3v) is 5.35. The summed E-state index contributed by atoms with van der Waals surface area (Å²) in [5.41, 5.74) is 4.70. The number of carbonyl (C=O) groups excluding carboxylic acids is 2. The predicted molar refractivity (Wildman–Crippen MR) is 107 cm³/mol. The van der Waals surface area contributed by atoms with Gasteiger partial charge in [0.15, 0.2) is 6.61 Å². The maximum atomic E-state index is 12.9. The lowest BCUT2D eigenvalue weighted by Crippen LogP contribution is -2.16. The van der Waals surface area contributed by atoms with Gasteiger partial charge in [-0.2, -0.15) is 0 Å². The van der Waals surface area contributed by atoms with Gasteiger partial charge in [-0.15, -0.1) is 0 Å². The quantitative estimate of drug-likeness (QED) is 0.431. The van der Waals surface area contributed by atoms with E-state index in [1.165, 1.54) is 0 Å². The number of esters is 1. The van der Waals surface area contributed by atoms with Gasteiger partial charge in [-0.1, -0.05) is 36.4 Å². The van der Waals surface area contributed by atoms with Crippen LogP contribution in [0.25, 0.3) is 21.8 Å². The number of H-pyrrole nitrogens is 1. The molecule has 0 radical (unpaired) electrons. The lowest BCUT2D eigenvalue weighted by Gasteiger charge is -2.11. The average molecular weight is 370 g/mol. The molecule has 138 valence electrons. The number of Topliss-reactive ketones (excluding diaryl/α,β-unsaturated/α-hetero) is 1. The normalized spacial score (nSPS) is 13.0. The lowest BCUT2D eigenvalue weighted by molar-refractivity contribution is 0.0476. The number of nitrogens with one attached hydrogen (secondary N) is 1. The van der Waals surface area contributed by atoms with Crippen molar-refractivity contribution in [2.45, 2.75) is 19.3 Å². The monoisotopic (exact) mass is 370 g/mol. The number of fused-ring (bicyclic) bond motifs is 3. The van der Waals surface area contributed by atoms with E-state index in [1.807, 2.05) is 48.5 Å². The SMILES string of the molecule is O=C(OCC(=O)c1c[nH]c2ccccc12)c1c2c(nc3ccccc13)CCC2. The summed E-state index contributed by atoms with van der Waals surface area (Å²) < 4.78 is 5.47. The predicted octanol–water partition coefficient (Wildman–Crippen LogP) is 4.24. The van der Waals surface area contributed by atoms with Gasteiger partial charge in [-0.3, -0.25) is 9.78 Å². The molecule has 0 unspecified atom stereocenters. The Balaban J connectivity index is 1.44. The summed E-state index contributed by atoms with van der Waals surface area (Å²) in [4.78, 5) is 33.4. The highest BCUT2D eigenvalue weighted by Crippen LogP contribution is 2.30. The van der Waals surface area contributed by atoms with Crippen LogP contribution >= 0.6 is 0 Å². The van der Waals surface area contributed by atoms with Gasteiger partial charge >= 0.3 is 5.97 Å². The molecule has 0 saturated carbocycles. The molecule has 28 heavy (non-hydrogen) atoms. The van der Waals surface area contributed by atoms with Gasteiger partial charge in [-0.25, -0.2) is 4.79 Å². The van der Waals surface area contributed by atoms with Gasteiger partial charge < -0.3 is 9.72 Å². The van der Waals surface area contributed by atoms with E-state index in [1.54, 1.807) is 6.20 Å². The van der Waals surface area contributed by atoms with Gasteiger partial charge in [-0.05, 0) is 37.0 Å². The van der Waals surface area contributed by atoms with Crippen LogP contribution in [0.4, 0.5) is 0 Å². The van der Waals surface area contributed by atoms with Crippen molar-refractivity contribution in [1.82, 2.24) is 9.97 Å². The fourth-order valence-electron chi connectivity index (χ4n) is 4.03. The summed E-state index contributed by atoms with van der Waals surface area (Å²) in [6, 6.07) is 15.2. The number of nitrogens with zero attached hydrogens (tertiary/aromatic N) is 1. The third kappa shape index (κ3) is 2.67.